The summed E-state index contributed by atoms with van der Waals surface area (Å²) in [5, 5.41) is 0. The molecule has 0 aliphatic carbocycles. The van der Waals surface area contributed by atoms with Gasteiger partial charge in [0.2, 0.25) is 0 Å². The number of hydrogen-bond donors (Lipinski definition) is 0. The van der Waals surface area contributed by atoms with Crippen molar-refractivity contribution in [3.05, 3.63) is 60.2 Å². The molecule has 0 radical (unpaired) electrons. The van der Waals surface area contributed by atoms with Crippen LogP contribution in [-0.4, -0.2) is 19.2 Å². The average molecular weight is 282 g/mol. The molecule has 0 aromatic heterocycles. The SMILES string of the molecule is O=C(/C=C/c1ccc2c(c1)OCCO2)Oc1ccccc1. The maximum atomic E-state index is 11.7. The first-order valence-corrected chi connectivity index (χ1v) is 6.66. The van der Waals surface area contributed by atoms with Crippen molar-refractivity contribution in [1.82, 2.24) is 0 Å². The van der Waals surface area contributed by atoms with Crippen molar-refractivity contribution >= 4 is 12.0 Å². The van der Waals surface area contributed by atoms with Gasteiger partial charge >= 0.3 is 5.97 Å². The third-order valence-corrected chi connectivity index (χ3v) is 2.94. The molecule has 0 N–H and O–H groups in total. The smallest absolute Gasteiger partial charge is 0.336 e. The van der Waals surface area contributed by atoms with E-state index in [4.69, 9.17) is 14.2 Å². The van der Waals surface area contributed by atoms with E-state index in [-0.39, 0.29) is 0 Å². The quantitative estimate of drug-likeness (QED) is 0.493. The normalized spacial score (nSPS) is 13.1. The minimum Gasteiger partial charge on any atom is -0.486 e. The van der Waals surface area contributed by atoms with Crippen LogP contribution in [0.3, 0.4) is 0 Å². The summed E-state index contributed by atoms with van der Waals surface area (Å²) in [7, 11) is 0. The molecule has 0 fully saturated rings. The van der Waals surface area contributed by atoms with Crippen molar-refractivity contribution < 1.29 is 19.0 Å². The molecule has 1 heterocycles. The third kappa shape index (κ3) is 3.42. The van der Waals surface area contributed by atoms with Gasteiger partial charge in [0.25, 0.3) is 0 Å². The van der Waals surface area contributed by atoms with Crippen LogP contribution < -0.4 is 14.2 Å². The lowest BCUT2D eigenvalue weighted by Gasteiger charge is -2.18. The topological polar surface area (TPSA) is 44.8 Å². The first kappa shape index (κ1) is 13.2. The van der Waals surface area contributed by atoms with E-state index in [9.17, 15) is 4.79 Å². The lowest BCUT2D eigenvalue weighted by molar-refractivity contribution is -0.128. The van der Waals surface area contributed by atoms with Crippen LogP contribution in [0.15, 0.2) is 54.6 Å². The number of hydrogen-bond acceptors (Lipinski definition) is 4. The zero-order valence-electron chi connectivity index (χ0n) is 11.3. The molecule has 4 heteroatoms. The van der Waals surface area contributed by atoms with E-state index in [0.717, 1.165) is 11.3 Å². The van der Waals surface area contributed by atoms with Crippen LogP contribution in [-0.2, 0) is 4.79 Å². The molecule has 1 aliphatic heterocycles. The van der Waals surface area contributed by atoms with Crippen molar-refractivity contribution in [3.8, 4) is 17.2 Å². The largest absolute Gasteiger partial charge is 0.486 e. The number of fused-ring (bicyclic) bond motifs is 1. The fraction of sp³-hybridized carbons (Fsp3) is 0.118. The molecule has 106 valence electrons. The molecule has 0 saturated carbocycles. The molecule has 21 heavy (non-hydrogen) atoms. The molecular weight excluding hydrogens is 268 g/mol. The van der Waals surface area contributed by atoms with Crippen LogP contribution in [0.5, 0.6) is 17.2 Å². The minimum atomic E-state index is -0.420. The monoisotopic (exact) mass is 282 g/mol. The maximum Gasteiger partial charge on any atom is 0.336 e. The second-order valence-corrected chi connectivity index (χ2v) is 4.47. The van der Waals surface area contributed by atoms with Gasteiger partial charge in [-0.25, -0.2) is 4.79 Å². The number of rotatable bonds is 3. The lowest BCUT2D eigenvalue weighted by atomic mass is 10.2. The Hall–Kier alpha value is -2.75. The number of para-hydroxylation sites is 1. The van der Waals surface area contributed by atoms with Crippen LogP contribution in [0.25, 0.3) is 6.08 Å². The molecule has 0 saturated heterocycles. The molecule has 1 aliphatic rings. The number of esters is 1. The van der Waals surface area contributed by atoms with Crippen molar-refractivity contribution in [1.29, 1.82) is 0 Å². The van der Waals surface area contributed by atoms with Gasteiger partial charge in [-0.2, -0.15) is 0 Å². The highest BCUT2D eigenvalue weighted by Crippen LogP contribution is 2.31. The number of carbonyl (C=O) groups is 1. The highest BCUT2D eigenvalue weighted by molar-refractivity contribution is 5.88. The molecular formula is C17H14O4. The summed E-state index contributed by atoms with van der Waals surface area (Å²) in [6.45, 7) is 1.10. The van der Waals surface area contributed by atoms with E-state index in [0.29, 0.717) is 24.7 Å². The molecule has 0 atom stereocenters. The highest BCUT2D eigenvalue weighted by atomic mass is 16.6. The number of carbonyl (C=O) groups excluding carboxylic acids is 1. The maximum absolute atomic E-state index is 11.7. The molecule has 2 aromatic rings. The van der Waals surface area contributed by atoms with Gasteiger partial charge in [-0.15, -0.1) is 0 Å². The van der Waals surface area contributed by atoms with Crippen LogP contribution in [0.1, 0.15) is 5.56 Å². The Labute approximate surface area is 122 Å². The first-order chi connectivity index (χ1) is 10.3. The van der Waals surface area contributed by atoms with Crippen molar-refractivity contribution in [2.45, 2.75) is 0 Å². The van der Waals surface area contributed by atoms with Crippen LogP contribution in [0.2, 0.25) is 0 Å². The van der Waals surface area contributed by atoms with Crippen molar-refractivity contribution in [2.24, 2.45) is 0 Å². The first-order valence-electron chi connectivity index (χ1n) is 6.66. The summed E-state index contributed by atoms with van der Waals surface area (Å²) < 4.78 is 16.1. The van der Waals surface area contributed by atoms with Gasteiger partial charge in [0.05, 0.1) is 0 Å². The molecule has 2 aromatic carbocycles. The van der Waals surface area contributed by atoms with E-state index in [1.165, 1.54) is 6.08 Å². The Kier molecular flexibility index (Phi) is 3.87. The fourth-order valence-corrected chi connectivity index (χ4v) is 1.97. The fourth-order valence-electron chi connectivity index (χ4n) is 1.97. The lowest BCUT2D eigenvalue weighted by Crippen LogP contribution is -2.15. The summed E-state index contributed by atoms with van der Waals surface area (Å²) in [5.74, 6) is 1.52. The van der Waals surface area contributed by atoms with Gasteiger partial charge in [-0.3, -0.25) is 0 Å². The Bertz CT molecular complexity index is 662. The van der Waals surface area contributed by atoms with Gasteiger partial charge in [0.15, 0.2) is 11.5 Å². The summed E-state index contributed by atoms with van der Waals surface area (Å²) in [5.41, 5.74) is 0.851. The van der Waals surface area contributed by atoms with Gasteiger partial charge in [-0.05, 0) is 35.9 Å². The third-order valence-electron chi connectivity index (χ3n) is 2.94. The number of ether oxygens (including phenoxy) is 3. The van der Waals surface area contributed by atoms with E-state index in [1.54, 1.807) is 18.2 Å². The van der Waals surface area contributed by atoms with E-state index < -0.39 is 5.97 Å². The zero-order chi connectivity index (χ0) is 14.5. The van der Waals surface area contributed by atoms with Crippen molar-refractivity contribution in [2.75, 3.05) is 13.2 Å². The predicted molar refractivity (Wildman–Crippen MR) is 78.5 cm³/mol. The van der Waals surface area contributed by atoms with E-state index in [1.807, 2.05) is 36.4 Å². The van der Waals surface area contributed by atoms with Crippen LogP contribution in [0.4, 0.5) is 0 Å². The van der Waals surface area contributed by atoms with Gasteiger partial charge in [0, 0.05) is 6.08 Å². The van der Waals surface area contributed by atoms with Gasteiger partial charge in [-0.1, -0.05) is 24.3 Å². The summed E-state index contributed by atoms with van der Waals surface area (Å²) >= 11 is 0. The van der Waals surface area contributed by atoms with Gasteiger partial charge in [0.1, 0.15) is 19.0 Å². The summed E-state index contributed by atoms with van der Waals surface area (Å²) in [6.07, 6.45) is 3.07. The second-order valence-electron chi connectivity index (χ2n) is 4.47. The minimum absolute atomic E-state index is 0.420. The standard InChI is InChI=1S/C17H14O4/c18-17(21-14-4-2-1-3-5-14)9-7-13-6-8-15-16(12-13)20-11-10-19-15/h1-9,12H,10-11H2/b9-7+. The number of benzene rings is 2. The second kappa shape index (κ2) is 6.13. The van der Waals surface area contributed by atoms with Crippen molar-refractivity contribution in [3.63, 3.8) is 0 Å². The Balaban J connectivity index is 1.67. The van der Waals surface area contributed by atoms with E-state index in [2.05, 4.69) is 0 Å². The highest BCUT2D eigenvalue weighted by Gasteiger charge is 2.10. The molecule has 0 unspecified atom stereocenters. The molecule has 4 nitrogen and oxygen atoms in total. The molecule has 3 rings (SSSR count). The summed E-state index contributed by atoms with van der Waals surface area (Å²) in [4.78, 5) is 11.7. The molecule has 0 amide bonds. The molecule has 0 spiro atoms. The van der Waals surface area contributed by atoms with Crippen LogP contribution >= 0.6 is 0 Å². The van der Waals surface area contributed by atoms with Crippen LogP contribution in [0, 0.1) is 0 Å². The summed E-state index contributed by atoms with van der Waals surface area (Å²) in [6, 6.07) is 14.5. The Morgan fingerprint density at radius 3 is 2.57 bits per heavy atom. The Morgan fingerprint density at radius 2 is 1.76 bits per heavy atom. The molecule has 0 bridgehead atoms. The average Bonchev–Trinajstić information content (AvgIpc) is 2.54. The van der Waals surface area contributed by atoms with E-state index >= 15 is 0 Å². The Morgan fingerprint density at radius 1 is 1.00 bits per heavy atom. The predicted octanol–water partition coefficient (Wildman–Crippen LogP) is 3.08. The zero-order valence-corrected chi connectivity index (χ0v) is 11.3. The van der Waals surface area contributed by atoms with Gasteiger partial charge < -0.3 is 14.2 Å².